The number of carboxylic acids is 1. The van der Waals surface area contributed by atoms with Crippen molar-refractivity contribution in [3.05, 3.63) is 22.9 Å². The van der Waals surface area contributed by atoms with E-state index in [1.807, 2.05) is 13.8 Å². The summed E-state index contributed by atoms with van der Waals surface area (Å²) in [6.45, 7) is 6.66. The van der Waals surface area contributed by atoms with Crippen molar-refractivity contribution in [2.24, 2.45) is 0 Å². The molecule has 0 spiro atoms. The van der Waals surface area contributed by atoms with Crippen molar-refractivity contribution in [3.8, 4) is 0 Å². The zero-order valence-corrected chi connectivity index (χ0v) is 13.0. The second kappa shape index (κ2) is 6.22. The summed E-state index contributed by atoms with van der Waals surface area (Å²) in [5.74, 6) is -0.156. The van der Waals surface area contributed by atoms with Gasteiger partial charge in [-0.25, -0.2) is 9.78 Å². The fourth-order valence-electron chi connectivity index (χ4n) is 3.26. The SMILES string of the molecule is C[C@@H]1CN(c2cc(C(=O)O)c3c(n2)CCOCC3)C[C@H](C)O1. The Hall–Kier alpha value is -1.66. The zero-order chi connectivity index (χ0) is 15.7. The van der Waals surface area contributed by atoms with Crippen molar-refractivity contribution in [3.63, 3.8) is 0 Å². The molecule has 2 atom stereocenters. The molecule has 6 heteroatoms. The molecule has 0 amide bonds. The molecule has 0 unspecified atom stereocenters. The van der Waals surface area contributed by atoms with Crippen LogP contribution in [0.4, 0.5) is 5.82 Å². The van der Waals surface area contributed by atoms with Gasteiger partial charge in [0, 0.05) is 25.2 Å². The highest BCUT2D eigenvalue weighted by Gasteiger charge is 2.26. The van der Waals surface area contributed by atoms with E-state index in [0.29, 0.717) is 31.6 Å². The number of pyridine rings is 1. The number of hydrogen-bond donors (Lipinski definition) is 1. The third kappa shape index (κ3) is 3.08. The topological polar surface area (TPSA) is 71.9 Å². The summed E-state index contributed by atoms with van der Waals surface area (Å²) >= 11 is 0. The van der Waals surface area contributed by atoms with Gasteiger partial charge in [-0.1, -0.05) is 0 Å². The Morgan fingerprint density at radius 2 is 1.95 bits per heavy atom. The molecule has 2 aliphatic heterocycles. The lowest BCUT2D eigenvalue weighted by atomic mass is 10.0. The van der Waals surface area contributed by atoms with Gasteiger partial charge in [-0.15, -0.1) is 0 Å². The van der Waals surface area contributed by atoms with Gasteiger partial charge in [0.15, 0.2) is 0 Å². The summed E-state index contributed by atoms with van der Waals surface area (Å²) in [4.78, 5) is 18.5. The minimum Gasteiger partial charge on any atom is -0.478 e. The van der Waals surface area contributed by atoms with E-state index in [1.54, 1.807) is 6.07 Å². The molecule has 0 bridgehead atoms. The van der Waals surface area contributed by atoms with Gasteiger partial charge >= 0.3 is 5.97 Å². The molecule has 1 N–H and O–H groups in total. The molecule has 22 heavy (non-hydrogen) atoms. The fraction of sp³-hybridized carbons (Fsp3) is 0.625. The van der Waals surface area contributed by atoms with Crippen LogP contribution in [0.15, 0.2) is 6.07 Å². The predicted octanol–water partition coefficient (Wildman–Crippen LogP) is 1.51. The lowest BCUT2D eigenvalue weighted by Crippen LogP contribution is -2.46. The quantitative estimate of drug-likeness (QED) is 0.893. The minimum absolute atomic E-state index is 0.112. The molecule has 6 nitrogen and oxygen atoms in total. The van der Waals surface area contributed by atoms with Crippen LogP contribution in [-0.2, 0) is 22.3 Å². The van der Waals surface area contributed by atoms with Crippen LogP contribution < -0.4 is 4.90 Å². The number of rotatable bonds is 2. The van der Waals surface area contributed by atoms with Crippen LogP contribution in [0.25, 0.3) is 0 Å². The van der Waals surface area contributed by atoms with Gasteiger partial charge in [-0.3, -0.25) is 0 Å². The monoisotopic (exact) mass is 306 g/mol. The van der Waals surface area contributed by atoms with E-state index in [4.69, 9.17) is 14.5 Å². The number of carbonyl (C=O) groups is 1. The number of aromatic nitrogens is 1. The minimum atomic E-state index is -0.892. The summed E-state index contributed by atoms with van der Waals surface area (Å²) in [5, 5.41) is 9.55. The summed E-state index contributed by atoms with van der Waals surface area (Å²) in [6, 6.07) is 1.71. The molecule has 0 saturated carbocycles. The Morgan fingerprint density at radius 1 is 1.27 bits per heavy atom. The van der Waals surface area contributed by atoms with Gasteiger partial charge < -0.3 is 19.5 Å². The van der Waals surface area contributed by atoms with Crippen LogP contribution in [0.1, 0.15) is 35.5 Å². The van der Waals surface area contributed by atoms with E-state index >= 15 is 0 Å². The molecule has 3 heterocycles. The van der Waals surface area contributed by atoms with Crippen LogP contribution in [-0.4, -0.2) is 54.6 Å². The molecule has 1 aromatic rings. The van der Waals surface area contributed by atoms with Crippen LogP contribution in [0.2, 0.25) is 0 Å². The highest BCUT2D eigenvalue weighted by Crippen LogP contribution is 2.25. The molecule has 120 valence electrons. The van der Waals surface area contributed by atoms with E-state index in [2.05, 4.69) is 4.90 Å². The Kier molecular flexibility index (Phi) is 4.31. The Labute approximate surface area is 130 Å². The molecule has 3 rings (SSSR count). The third-order valence-corrected chi connectivity index (χ3v) is 4.15. The fourth-order valence-corrected chi connectivity index (χ4v) is 3.26. The molecule has 1 fully saturated rings. The van der Waals surface area contributed by atoms with Crippen LogP contribution in [0.5, 0.6) is 0 Å². The van der Waals surface area contributed by atoms with Crippen molar-refractivity contribution in [1.82, 2.24) is 4.98 Å². The van der Waals surface area contributed by atoms with Crippen LogP contribution >= 0.6 is 0 Å². The van der Waals surface area contributed by atoms with Crippen molar-refractivity contribution in [2.45, 2.75) is 38.9 Å². The second-order valence-corrected chi connectivity index (χ2v) is 6.03. The average Bonchev–Trinajstić information content (AvgIpc) is 2.70. The maximum atomic E-state index is 11.6. The standard InChI is InChI=1S/C16H22N2O4/c1-10-8-18(9-11(2)22-10)15-7-13(16(19)20)12-3-5-21-6-4-14(12)17-15/h7,10-11H,3-6,8-9H2,1-2H3,(H,19,20)/t10-,11+. The number of ether oxygens (including phenoxy) is 2. The van der Waals surface area contributed by atoms with E-state index < -0.39 is 5.97 Å². The average molecular weight is 306 g/mol. The smallest absolute Gasteiger partial charge is 0.336 e. The van der Waals surface area contributed by atoms with Gasteiger partial charge in [-0.05, 0) is 31.9 Å². The number of nitrogens with zero attached hydrogens (tertiary/aromatic N) is 2. The highest BCUT2D eigenvalue weighted by atomic mass is 16.5. The molecular formula is C16H22N2O4. The van der Waals surface area contributed by atoms with Gasteiger partial charge in [0.25, 0.3) is 0 Å². The number of anilines is 1. The van der Waals surface area contributed by atoms with E-state index in [-0.39, 0.29) is 12.2 Å². The van der Waals surface area contributed by atoms with Crippen molar-refractivity contribution < 1.29 is 19.4 Å². The Morgan fingerprint density at radius 3 is 2.64 bits per heavy atom. The number of carboxylic acid groups (broad SMARTS) is 1. The van der Waals surface area contributed by atoms with E-state index in [9.17, 15) is 9.90 Å². The first-order chi connectivity index (χ1) is 10.5. The first kappa shape index (κ1) is 15.2. The van der Waals surface area contributed by atoms with Crippen LogP contribution in [0.3, 0.4) is 0 Å². The maximum Gasteiger partial charge on any atom is 0.336 e. The zero-order valence-electron chi connectivity index (χ0n) is 13.0. The van der Waals surface area contributed by atoms with Gasteiger partial charge in [0.05, 0.1) is 31.0 Å². The largest absolute Gasteiger partial charge is 0.478 e. The van der Waals surface area contributed by atoms with Gasteiger partial charge in [0.2, 0.25) is 0 Å². The molecule has 2 aliphatic rings. The summed E-state index contributed by atoms with van der Waals surface area (Å²) < 4.78 is 11.2. The number of hydrogen-bond acceptors (Lipinski definition) is 5. The molecule has 1 saturated heterocycles. The molecule has 1 aromatic heterocycles. The number of aromatic carboxylic acids is 1. The summed E-state index contributed by atoms with van der Waals surface area (Å²) in [7, 11) is 0. The Bertz CT molecular complexity index is 566. The van der Waals surface area contributed by atoms with Gasteiger partial charge in [0.1, 0.15) is 5.82 Å². The molecule has 0 radical (unpaired) electrons. The summed E-state index contributed by atoms with van der Waals surface area (Å²) in [5.41, 5.74) is 2.04. The predicted molar refractivity (Wildman–Crippen MR) is 81.6 cm³/mol. The number of fused-ring (bicyclic) bond motifs is 1. The first-order valence-electron chi connectivity index (χ1n) is 7.79. The normalized spacial score (nSPS) is 25.5. The van der Waals surface area contributed by atoms with E-state index in [0.717, 1.165) is 30.2 Å². The van der Waals surface area contributed by atoms with Crippen molar-refractivity contribution in [2.75, 3.05) is 31.2 Å². The second-order valence-electron chi connectivity index (χ2n) is 6.03. The maximum absolute atomic E-state index is 11.6. The van der Waals surface area contributed by atoms with Crippen molar-refractivity contribution >= 4 is 11.8 Å². The highest BCUT2D eigenvalue weighted by molar-refractivity contribution is 5.90. The lowest BCUT2D eigenvalue weighted by Gasteiger charge is -2.36. The summed E-state index contributed by atoms with van der Waals surface area (Å²) in [6.07, 6.45) is 1.50. The first-order valence-corrected chi connectivity index (χ1v) is 7.79. The molecule has 0 aliphatic carbocycles. The van der Waals surface area contributed by atoms with Gasteiger partial charge in [-0.2, -0.15) is 0 Å². The number of morpholine rings is 1. The lowest BCUT2D eigenvalue weighted by molar-refractivity contribution is -0.00547. The van der Waals surface area contributed by atoms with Crippen LogP contribution in [0, 0.1) is 0 Å². The molecular weight excluding hydrogens is 284 g/mol. The third-order valence-electron chi connectivity index (χ3n) is 4.15. The Balaban J connectivity index is 1.99. The van der Waals surface area contributed by atoms with Crippen molar-refractivity contribution in [1.29, 1.82) is 0 Å². The molecule has 0 aromatic carbocycles. The van der Waals surface area contributed by atoms with E-state index in [1.165, 1.54) is 0 Å².